The Hall–Kier alpha value is -0.900. The van der Waals surface area contributed by atoms with Crippen molar-refractivity contribution in [2.75, 3.05) is 0 Å². The molecule has 1 heterocycles. The number of nitrogens with zero attached hydrogens (tertiary/aromatic N) is 3. The van der Waals surface area contributed by atoms with Gasteiger partial charge in [0, 0.05) is 0 Å². The summed E-state index contributed by atoms with van der Waals surface area (Å²) in [5.74, 6) is 1.55. The minimum absolute atomic E-state index is 0.0309. The van der Waals surface area contributed by atoms with Gasteiger partial charge in [0.25, 0.3) is 0 Å². The summed E-state index contributed by atoms with van der Waals surface area (Å²) in [6.07, 6.45) is 4.94. The van der Waals surface area contributed by atoms with Crippen molar-refractivity contribution in [3.05, 3.63) is 11.4 Å². The van der Waals surface area contributed by atoms with Gasteiger partial charge in [-0.2, -0.15) is 0 Å². The van der Waals surface area contributed by atoms with E-state index < -0.39 is 0 Å². The van der Waals surface area contributed by atoms with Crippen LogP contribution in [0.4, 0.5) is 0 Å². The highest BCUT2D eigenvalue weighted by atomic mass is 16.3. The smallest absolute Gasteiger partial charge is 0.111 e. The second-order valence-corrected chi connectivity index (χ2v) is 5.01. The molecule has 0 amide bonds. The molecular weight excluding hydrogens is 190 g/mol. The fourth-order valence-electron chi connectivity index (χ4n) is 2.19. The maximum absolute atomic E-state index is 9.22. The van der Waals surface area contributed by atoms with E-state index >= 15 is 0 Å². The largest absolute Gasteiger partial charge is 0.390 e. The minimum atomic E-state index is 0.0309. The first kappa shape index (κ1) is 9.33. The van der Waals surface area contributed by atoms with Crippen molar-refractivity contribution in [2.24, 2.45) is 11.8 Å². The molecule has 2 atom stereocenters. The Morgan fingerprint density at radius 1 is 1.47 bits per heavy atom. The highest BCUT2D eigenvalue weighted by Crippen LogP contribution is 2.44. The molecule has 2 saturated carbocycles. The van der Waals surface area contributed by atoms with Crippen LogP contribution < -0.4 is 0 Å². The second-order valence-electron chi connectivity index (χ2n) is 5.01. The highest BCUT2D eigenvalue weighted by molar-refractivity contribution is 5.14. The quantitative estimate of drug-likeness (QED) is 0.809. The molecule has 1 aromatic heterocycles. The molecule has 82 valence electrons. The van der Waals surface area contributed by atoms with Crippen LogP contribution in [0.1, 0.15) is 43.6 Å². The Morgan fingerprint density at radius 3 is 2.73 bits per heavy atom. The maximum Gasteiger partial charge on any atom is 0.111 e. The van der Waals surface area contributed by atoms with Gasteiger partial charge in [-0.25, -0.2) is 4.68 Å². The lowest BCUT2D eigenvalue weighted by atomic mass is 10.2. The molecule has 1 aromatic rings. The summed E-state index contributed by atoms with van der Waals surface area (Å²) in [5, 5.41) is 17.5. The van der Waals surface area contributed by atoms with Gasteiger partial charge in [0.15, 0.2) is 0 Å². The van der Waals surface area contributed by atoms with E-state index in [0.29, 0.717) is 6.04 Å². The fourth-order valence-corrected chi connectivity index (χ4v) is 2.19. The van der Waals surface area contributed by atoms with Crippen molar-refractivity contribution < 1.29 is 5.11 Å². The molecule has 0 aliphatic heterocycles. The third-order valence-electron chi connectivity index (χ3n) is 3.58. The Balaban J connectivity index is 1.87. The predicted molar refractivity (Wildman–Crippen MR) is 55.2 cm³/mol. The Kier molecular flexibility index (Phi) is 2.06. The van der Waals surface area contributed by atoms with Gasteiger partial charge in [-0.15, -0.1) is 5.10 Å². The van der Waals surface area contributed by atoms with E-state index in [4.69, 9.17) is 0 Å². The van der Waals surface area contributed by atoms with Crippen molar-refractivity contribution in [2.45, 2.75) is 45.3 Å². The number of rotatable bonds is 4. The van der Waals surface area contributed by atoms with Crippen LogP contribution in [0.5, 0.6) is 0 Å². The van der Waals surface area contributed by atoms with Crippen LogP contribution in [0, 0.1) is 11.8 Å². The molecule has 2 fully saturated rings. The predicted octanol–water partition coefficient (Wildman–Crippen LogP) is 1.30. The number of aliphatic hydroxyl groups excluding tert-OH is 1. The zero-order chi connectivity index (χ0) is 10.4. The van der Waals surface area contributed by atoms with Crippen LogP contribution in [0.25, 0.3) is 0 Å². The van der Waals surface area contributed by atoms with Crippen LogP contribution in [-0.2, 0) is 13.0 Å². The zero-order valence-corrected chi connectivity index (χ0v) is 9.06. The van der Waals surface area contributed by atoms with Gasteiger partial charge in [-0.1, -0.05) is 12.1 Å². The monoisotopic (exact) mass is 207 g/mol. The van der Waals surface area contributed by atoms with Gasteiger partial charge in [0.1, 0.15) is 5.69 Å². The fraction of sp³-hybridized carbons (Fsp3) is 0.818. The summed E-state index contributed by atoms with van der Waals surface area (Å²) in [6, 6.07) is 0.548. The Labute approximate surface area is 89.3 Å². The van der Waals surface area contributed by atoms with Crippen molar-refractivity contribution in [3.63, 3.8) is 0 Å². The van der Waals surface area contributed by atoms with Crippen molar-refractivity contribution in [1.82, 2.24) is 15.0 Å². The van der Waals surface area contributed by atoms with E-state index in [9.17, 15) is 5.11 Å². The molecule has 0 radical (unpaired) electrons. The molecule has 2 aliphatic carbocycles. The van der Waals surface area contributed by atoms with Gasteiger partial charge in [0.05, 0.1) is 18.3 Å². The van der Waals surface area contributed by atoms with Gasteiger partial charge < -0.3 is 5.11 Å². The number of aromatic nitrogens is 3. The highest BCUT2D eigenvalue weighted by Gasteiger charge is 2.38. The Bertz CT molecular complexity index is 370. The van der Waals surface area contributed by atoms with Crippen LogP contribution in [0.2, 0.25) is 0 Å². The third kappa shape index (κ3) is 1.67. The summed E-state index contributed by atoms with van der Waals surface area (Å²) in [5.41, 5.74) is 1.98. The summed E-state index contributed by atoms with van der Waals surface area (Å²) in [6.45, 7) is 2.27. The normalized spacial score (nSPS) is 29.5. The Morgan fingerprint density at radius 2 is 2.20 bits per heavy atom. The molecule has 3 rings (SSSR count). The minimum Gasteiger partial charge on any atom is -0.390 e. The molecule has 1 N–H and O–H groups in total. The molecule has 0 bridgehead atoms. The first-order valence-corrected chi connectivity index (χ1v) is 5.83. The van der Waals surface area contributed by atoms with E-state index in [1.807, 2.05) is 0 Å². The lowest BCUT2D eigenvalue weighted by molar-refractivity contribution is 0.275. The standard InChI is InChI=1S/C11H17N3O/c1-7-4-10(7)14-11(5-8-2-3-8)9(6-15)12-13-14/h7-8,10,15H,2-6H2,1H3. The molecule has 15 heavy (non-hydrogen) atoms. The van der Waals surface area contributed by atoms with Crippen LogP contribution in [0.15, 0.2) is 0 Å². The van der Waals surface area contributed by atoms with E-state index in [0.717, 1.165) is 24.0 Å². The lowest BCUT2D eigenvalue weighted by Crippen LogP contribution is -2.06. The molecule has 0 aromatic carbocycles. The van der Waals surface area contributed by atoms with Gasteiger partial charge in [0.2, 0.25) is 0 Å². The number of hydrogen-bond acceptors (Lipinski definition) is 3. The van der Waals surface area contributed by atoms with Crippen LogP contribution >= 0.6 is 0 Å². The van der Waals surface area contributed by atoms with Gasteiger partial charge >= 0.3 is 0 Å². The SMILES string of the molecule is CC1CC1n1nnc(CO)c1CC1CC1. The van der Waals surface area contributed by atoms with E-state index in [1.54, 1.807) is 0 Å². The van der Waals surface area contributed by atoms with Crippen LogP contribution in [-0.4, -0.2) is 20.1 Å². The summed E-state index contributed by atoms with van der Waals surface area (Å²) >= 11 is 0. The molecule has 4 nitrogen and oxygen atoms in total. The summed E-state index contributed by atoms with van der Waals surface area (Å²) in [4.78, 5) is 0. The van der Waals surface area contributed by atoms with E-state index in [-0.39, 0.29) is 6.61 Å². The van der Waals surface area contributed by atoms with Crippen molar-refractivity contribution in [1.29, 1.82) is 0 Å². The first-order chi connectivity index (χ1) is 7.29. The van der Waals surface area contributed by atoms with Gasteiger partial charge in [-0.05, 0) is 37.5 Å². The maximum atomic E-state index is 9.22. The summed E-state index contributed by atoms with van der Waals surface area (Å²) in [7, 11) is 0. The molecule has 0 spiro atoms. The second kappa shape index (κ2) is 3.30. The van der Waals surface area contributed by atoms with E-state index in [2.05, 4.69) is 21.9 Å². The molecule has 4 heteroatoms. The third-order valence-corrected chi connectivity index (χ3v) is 3.58. The number of hydrogen-bond donors (Lipinski definition) is 1. The first-order valence-electron chi connectivity index (χ1n) is 5.83. The lowest BCUT2D eigenvalue weighted by Gasteiger charge is -2.05. The topological polar surface area (TPSA) is 50.9 Å². The van der Waals surface area contributed by atoms with Gasteiger partial charge in [-0.3, -0.25) is 0 Å². The van der Waals surface area contributed by atoms with E-state index in [1.165, 1.54) is 25.0 Å². The van der Waals surface area contributed by atoms with Crippen molar-refractivity contribution >= 4 is 0 Å². The average Bonchev–Trinajstić information content (AvgIpc) is 3.10. The molecule has 0 saturated heterocycles. The van der Waals surface area contributed by atoms with Crippen molar-refractivity contribution in [3.8, 4) is 0 Å². The molecule has 2 aliphatic rings. The molecular formula is C11H17N3O. The summed E-state index contributed by atoms with van der Waals surface area (Å²) < 4.78 is 2.06. The van der Waals surface area contributed by atoms with Crippen LogP contribution in [0.3, 0.4) is 0 Å². The zero-order valence-electron chi connectivity index (χ0n) is 9.06. The average molecular weight is 207 g/mol. The molecule has 2 unspecified atom stereocenters. The number of aliphatic hydroxyl groups is 1.